The number of rotatable bonds is 3. The first-order valence-corrected chi connectivity index (χ1v) is 5.64. The maximum atomic E-state index is 10.8. The van der Waals surface area contributed by atoms with Crippen molar-refractivity contribution in [1.82, 2.24) is 4.98 Å². The number of carbonyl (C=O) groups excluding carboxylic acids is 1. The molecule has 0 atom stereocenters. The zero-order valence-electron chi connectivity index (χ0n) is 9.10. The van der Waals surface area contributed by atoms with Gasteiger partial charge in [-0.05, 0) is 25.1 Å². The largest absolute Gasteiger partial charge is 0.375 e. The predicted molar refractivity (Wildman–Crippen MR) is 70.0 cm³/mol. The maximum absolute atomic E-state index is 10.8. The molecule has 5 N–H and O–H groups in total. The fourth-order valence-electron chi connectivity index (χ4n) is 1.22. The number of hydrogen-bond donors (Lipinski definition) is 3. The van der Waals surface area contributed by atoms with Gasteiger partial charge in [0.05, 0.1) is 15.9 Å². The SMILES string of the molecule is C/C(=N\Nc1ccc2nc(N)sc2c1)C(N)=O. The first-order chi connectivity index (χ1) is 8.06. The van der Waals surface area contributed by atoms with Crippen molar-refractivity contribution in [3.8, 4) is 0 Å². The average Bonchev–Trinajstić information content (AvgIpc) is 2.64. The normalized spacial score (nSPS) is 11.7. The fourth-order valence-corrected chi connectivity index (χ4v) is 1.99. The van der Waals surface area contributed by atoms with Crippen molar-refractivity contribution >= 4 is 44.0 Å². The Kier molecular flexibility index (Phi) is 2.92. The molecule has 0 aliphatic carbocycles. The quantitative estimate of drug-likeness (QED) is 0.560. The van der Waals surface area contributed by atoms with E-state index >= 15 is 0 Å². The topological polar surface area (TPSA) is 106 Å². The zero-order chi connectivity index (χ0) is 12.4. The first kappa shape index (κ1) is 11.3. The molecule has 0 saturated heterocycles. The van der Waals surface area contributed by atoms with E-state index in [0.29, 0.717) is 5.13 Å². The summed E-state index contributed by atoms with van der Waals surface area (Å²) in [4.78, 5) is 14.9. The summed E-state index contributed by atoms with van der Waals surface area (Å²) in [5, 5.41) is 4.37. The minimum atomic E-state index is -0.555. The third-order valence-electron chi connectivity index (χ3n) is 2.11. The minimum Gasteiger partial charge on any atom is -0.375 e. The summed E-state index contributed by atoms with van der Waals surface area (Å²) >= 11 is 1.39. The van der Waals surface area contributed by atoms with Crippen LogP contribution in [0.3, 0.4) is 0 Å². The number of hydrogen-bond acceptors (Lipinski definition) is 6. The third-order valence-corrected chi connectivity index (χ3v) is 2.96. The van der Waals surface area contributed by atoms with Crippen LogP contribution in [0, 0.1) is 0 Å². The maximum Gasteiger partial charge on any atom is 0.264 e. The van der Waals surface area contributed by atoms with Gasteiger partial charge in [-0.2, -0.15) is 5.10 Å². The highest BCUT2D eigenvalue weighted by Crippen LogP contribution is 2.26. The van der Waals surface area contributed by atoms with Crippen LogP contribution in [-0.4, -0.2) is 16.6 Å². The third kappa shape index (κ3) is 2.51. The van der Waals surface area contributed by atoms with E-state index < -0.39 is 5.91 Å². The second-order valence-electron chi connectivity index (χ2n) is 3.41. The number of primary amides is 1. The van der Waals surface area contributed by atoms with Gasteiger partial charge in [-0.1, -0.05) is 11.3 Å². The van der Waals surface area contributed by atoms with E-state index in [1.54, 1.807) is 13.0 Å². The van der Waals surface area contributed by atoms with Crippen LogP contribution in [0.4, 0.5) is 10.8 Å². The molecule has 6 nitrogen and oxygen atoms in total. The predicted octanol–water partition coefficient (Wildman–Crippen LogP) is 1.15. The summed E-state index contributed by atoms with van der Waals surface area (Å²) < 4.78 is 0.958. The number of amides is 1. The molecule has 0 fully saturated rings. The molecule has 7 heteroatoms. The molecular weight excluding hydrogens is 238 g/mol. The number of benzene rings is 1. The van der Waals surface area contributed by atoms with Gasteiger partial charge in [0.15, 0.2) is 5.13 Å². The molecule has 0 bridgehead atoms. The Morgan fingerprint density at radius 3 is 3.00 bits per heavy atom. The Morgan fingerprint density at radius 1 is 1.53 bits per heavy atom. The summed E-state index contributed by atoms with van der Waals surface area (Å²) in [6, 6.07) is 5.50. The lowest BCUT2D eigenvalue weighted by atomic mass is 10.3. The molecule has 1 aromatic carbocycles. The van der Waals surface area contributed by atoms with Crippen LogP contribution in [-0.2, 0) is 4.79 Å². The van der Waals surface area contributed by atoms with Gasteiger partial charge in [0.25, 0.3) is 5.91 Å². The Labute approximate surface area is 101 Å². The number of nitrogens with zero attached hydrogens (tertiary/aromatic N) is 2. The number of carbonyl (C=O) groups is 1. The van der Waals surface area contributed by atoms with Crippen molar-refractivity contribution in [1.29, 1.82) is 0 Å². The van der Waals surface area contributed by atoms with Gasteiger partial charge in [0, 0.05) is 0 Å². The van der Waals surface area contributed by atoms with Crippen LogP contribution in [0.25, 0.3) is 10.2 Å². The van der Waals surface area contributed by atoms with Crippen molar-refractivity contribution in [2.75, 3.05) is 11.2 Å². The summed E-state index contributed by atoms with van der Waals surface area (Å²) in [5.41, 5.74) is 15.2. The molecule has 2 aromatic rings. The van der Waals surface area contributed by atoms with Crippen LogP contribution in [0.5, 0.6) is 0 Å². The highest BCUT2D eigenvalue weighted by Gasteiger charge is 2.02. The van der Waals surface area contributed by atoms with Crippen molar-refractivity contribution in [2.24, 2.45) is 10.8 Å². The molecule has 0 aliphatic rings. The number of anilines is 2. The van der Waals surface area contributed by atoms with Crippen LogP contribution < -0.4 is 16.9 Å². The van der Waals surface area contributed by atoms with Crippen molar-refractivity contribution in [3.05, 3.63) is 18.2 Å². The highest BCUT2D eigenvalue weighted by molar-refractivity contribution is 7.22. The number of fused-ring (bicyclic) bond motifs is 1. The number of thiazole rings is 1. The number of nitrogen functional groups attached to an aromatic ring is 1. The van der Waals surface area contributed by atoms with Gasteiger partial charge in [0.2, 0.25) is 0 Å². The van der Waals surface area contributed by atoms with Gasteiger partial charge in [0.1, 0.15) is 5.71 Å². The standard InChI is InChI=1S/C10H11N5OS/c1-5(9(11)16)14-15-6-2-3-7-8(4-6)17-10(12)13-7/h2-4,15H,1H3,(H2,11,16)(H2,12,13)/b14-5+. The summed E-state index contributed by atoms with van der Waals surface area (Å²) in [7, 11) is 0. The second kappa shape index (κ2) is 4.38. The monoisotopic (exact) mass is 249 g/mol. The average molecular weight is 249 g/mol. The Hall–Kier alpha value is -2.15. The van der Waals surface area contributed by atoms with E-state index in [1.165, 1.54) is 11.3 Å². The van der Waals surface area contributed by atoms with Gasteiger partial charge in [-0.3, -0.25) is 10.2 Å². The Bertz CT molecular complexity index is 604. The Balaban J connectivity index is 2.25. The van der Waals surface area contributed by atoms with Crippen molar-refractivity contribution in [3.63, 3.8) is 0 Å². The smallest absolute Gasteiger partial charge is 0.264 e. The van der Waals surface area contributed by atoms with E-state index in [4.69, 9.17) is 11.5 Å². The van der Waals surface area contributed by atoms with E-state index in [1.807, 2.05) is 12.1 Å². The summed E-state index contributed by atoms with van der Waals surface area (Å²) in [6.45, 7) is 1.54. The molecule has 0 aliphatic heterocycles. The van der Waals surface area contributed by atoms with E-state index in [0.717, 1.165) is 15.9 Å². The second-order valence-corrected chi connectivity index (χ2v) is 4.47. The number of nitrogens with two attached hydrogens (primary N) is 2. The number of aromatic nitrogens is 1. The van der Waals surface area contributed by atoms with E-state index in [2.05, 4.69) is 15.5 Å². The lowest BCUT2D eigenvalue weighted by molar-refractivity contribution is -0.112. The van der Waals surface area contributed by atoms with Crippen LogP contribution in [0.1, 0.15) is 6.92 Å². The van der Waals surface area contributed by atoms with Gasteiger partial charge >= 0.3 is 0 Å². The molecule has 0 spiro atoms. The van der Waals surface area contributed by atoms with Crippen molar-refractivity contribution in [2.45, 2.75) is 6.92 Å². The highest BCUT2D eigenvalue weighted by atomic mass is 32.1. The molecule has 0 radical (unpaired) electrons. The molecule has 1 amide bonds. The van der Waals surface area contributed by atoms with E-state index in [-0.39, 0.29) is 5.71 Å². The molecule has 17 heavy (non-hydrogen) atoms. The molecule has 2 rings (SSSR count). The van der Waals surface area contributed by atoms with Gasteiger partial charge in [-0.25, -0.2) is 4.98 Å². The molecule has 0 unspecified atom stereocenters. The van der Waals surface area contributed by atoms with E-state index in [9.17, 15) is 4.79 Å². The summed E-state index contributed by atoms with van der Waals surface area (Å²) in [5.74, 6) is -0.555. The number of hydrazone groups is 1. The first-order valence-electron chi connectivity index (χ1n) is 4.82. The molecule has 1 aromatic heterocycles. The molecule has 0 saturated carbocycles. The van der Waals surface area contributed by atoms with Gasteiger partial charge in [-0.15, -0.1) is 0 Å². The molecule has 1 heterocycles. The van der Waals surface area contributed by atoms with Gasteiger partial charge < -0.3 is 11.5 Å². The van der Waals surface area contributed by atoms with Crippen molar-refractivity contribution < 1.29 is 4.79 Å². The fraction of sp³-hybridized carbons (Fsp3) is 0.100. The zero-order valence-corrected chi connectivity index (χ0v) is 9.91. The minimum absolute atomic E-state index is 0.217. The lowest BCUT2D eigenvalue weighted by Crippen LogP contribution is -2.21. The van der Waals surface area contributed by atoms with Crippen LogP contribution >= 0.6 is 11.3 Å². The lowest BCUT2D eigenvalue weighted by Gasteiger charge is -2.00. The molecular formula is C10H11N5OS. The van der Waals surface area contributed by atoms with Crippen LogP contribution in [0.15, 0.2) is 23.3 Å². The number of nitrogens with one attached hydrogen (secondary N) is 1. The summed E-state index contributed by atoms with van der Waals surface area (Å²) in [6.07, 6.45) is 0. The van der Waals surface area contributed by atoms with Crippen LogP contribution in [0.2, 0.25) is 0 Å². The Morgan fingerprint density at radius 2 is 2.29 bits per heavy atom. The molecule has 88 valence electrons.